The van der Waals surface area contributed by atoms with E-state index in [-0.39, 0.29) is 22.0 Å². The number of aromatic nitrogens is 4. The Kier molecular flexibility index (Phi) is 12.2. The molecule has 3 aromatic heterocycles. The number of hydrogen-bond acceptors (Lipinski definition) is 3. The number of imidazole rings is 1. The first kappa shape index (κ1) is 50.0. The highest BCUT2D eigenvalue weighted by molar-refractivity contribution is 6.14. The summed E-state index contributed by atoms with van der Waals surface area (Å²) >= 11 is 0. The summed E-state index contributed by atoms with van der Waals surface area (Å²) in [7, 11) is 2.10. The van der Waals surface area contributed by atoms with Gasteiger partial charge in [-0.25, -0.2) is 4.98 Å². The van der Waals surface area contributed by atoms with Crippen LogP contribution in [0.25, 0.3) is 117 Å². The molecule has 1 N–H and O–H groups in total. The largest absolute Gasteiger partial charge is 0.507 e. The molecule has 78 heavy (non-hydrogen) atoms. The van der Waals surface area contributed by atoms with Crippen LogP contribution in [0.4, 0.5) is 0 Å². The van der Waals surface area contributed by atoms with Crippen molar-refractivity contribution in [1.29, 1.82) is 0 Å². The molecule has 0 aliphatic rings. The van der Waals surface area contributed by atoms with Crippen molar-refractivity contribution in [2.24, 2.45) is 7.05 Å². The zero-order valence-corrected chi connectivity index (χ0v) is 46.4. The highest BCUT2D eigenvalue weighted by atomic mass is 16.3. The molecule has 0 bridgehead atoms. The second-order valence-electron chi connectivity index (χ2n) is 24.2. The minimum atomic E-state index is -0.318. The lowest BCUT2D eigenvalue weighted by molar-refractivity contribution is 0.446. The molecule has 0 atom stereocenters. The highest BCUT2D eigenvalue weighted by Crippen LogP contribution is 2.47. The van der Waals surface area contributed by atoms with Gasteiger partial charge in [-0.2, -0.15) is 0 Å². The Morgan fingerprint density at radius 1 is 0.397 bits per heavy atom. The molecule has 5 nitrogen and oxygen atoms in total. The number of phenols is 1. The van der Waals surface area contributed by atoms with Crippen molar-refractivity contribution < 1.29 is 5.11 Å². The Morgan fingerprint density at radius 3 is 1.72 bits per heavy atom. The normalized spacial score (nSPS) is 12.3. The molecule has 3 heterocycles. The minimum absolute atomic E-state index is 0.0962. The van der Waals surface area contributed by atoms with Crippen LogP contribution in [0.3, 0.4) is 0 Å². The Morgan fingerprint density at radius 2 is 1.01 bits per heavy atom. The molecule has 0 radical (unpaired) electrons. The summed E-state index contributed by atoms with van der Waals surface area (Å²) in [6.07, 6.45) is 1.95. The van der Waals surface area contributed by atoms with Crippen LogP contribution in [0.2, 0.25) is 0 Å². The van der Waals surface area contributed by atoms with Crippen molar-refractivity contribution in [2.45, 2.75) is 78.6 Å². The van der Waals surface area contributed by atoms with Gasteiger partial charge in [0.15, 0.2) is 0 Å². The van der Waals surface area contributed by atoms with Gasteiger partial charge in [0.05, 0.1) is 33.3 Å². The lowest BCUT2D eigenvalue weighted by atomic mass is 9.79. The van der Waals surface area contributed by atoms with E-state index < -0.39 is 0 Å². The number of nitrogens with zero attached hydrogens (tertiary/aromatic N) is 4. The smallest absolute Gasteiger partial charge is 0.144 e. The number of aryl methyl sites for hydroxylation is 1. The SMILES string of the molecule is Cn1c(-c2cc(C(C)(C)C)cc(C(C)(C)C)c2O)nc2c(-c3cc(-c4ccccc4)cc(-c4cc(-c5cccc6c7ccccc7n(-c7ccccc7)c56)ccn4)c3)cc(-c3cc(C(C)(C)C)ccc3-c3ccccc3)cc21. The van der Waals surface area contributed by atoms with Gasteiger partial charge in [0, 0.05) is 52.0 Å². The number of phenolic OH excluding ortho intramolecular Hbond substituents is 1. The number of aromatic hydroxyl groups is 1. The van der Waals surface area contributed by atoms with Crippen LogP contribution < -0.4 is 0 Å². The predicted molar refractivity (Wildman–Crippen MR) is 329 cm³/mol. The molecule has 0 aliphatic carbocycles. The van der Waals surface area contributed by atoms with Crippen LogP contribution in [-0.2, 0) is 23.3 Å². The van der Waals surface area contributed by atoms with Crippen LogP contribution >= 0.6 is 0 Å². The lowest BCUT2D eigenvalue weighted by Gasteiger charge is -2.27. The first-order valence-electron chi connectivity index (χ1n) is 27.3. The van der Waals surface area contributed by atoms with E-state index in [9.17, 15) is 5.11 Å². The molecule has 9 aromatic carbocycles. The number of hydrogen-bond donors (Lipinski definition) is 1. The van der Waals surface area contributed by atoms with Crippen molar-refractivity contribution in [2.75, 3.05) is 0 Å². The first-order chi connectivity index (χ1) is 37.4. The van der Waals surface area contributed by atoms with Gasteiger partial charge in [-0.3, -0.25) is 4.98 Å². The second-order valence-corrected chi connectivity index (χ2v) is 24.2. The fraction of sp³-hybridized carbons (Fsp3) is 0.178. The average Bonchev–Trinajstić information content (AvgIpc) is 4.07. The van der Waals surface area contributed by atoms with Crippen molar-refractivity contribution >= 4 is 32.8 Å². The molecule has 0 aliphatic heterocycles. The average molecular weight is 1020 g/mol. The third-order valence-corrected chi connectivity index (χ3v) is 15.7. The van der Waals surface area contributed by atoms with E-state index in [1.807, 2.05) is 6.20 Å². The van der Waals surface area contributed by atoms with E-state index in [4.69, 9.17) is 9.97 Å². The van der Waals surface area contributed by atoms with Gasteiger partial charge in [0.2, 0.25) is 0 Å². The summed E-state index contributed by atoms with van der Waals surface area (Å²) in [5, 5.41) is 14.9. The summed E-state index contributed by atoms with van der Waals surface area (Å²) in [5.74, 6) is 0.971. The molecular weight excluding hydrogens is 949 g/mol. The quantitative estimate of drug-likeness (QED) is 0.165. The van der Waals surface area contributed by atoms with Gasteiger partial charge >= 0.3 is 0 Å². The maximum absolute atomic E-state index is 12.4. The minimum Gasteiger partial charge on any atom is -0.507 e. The Bertz CT molecular complexity index is 4260. The van der Waals surface area contributed by atoms with E-state index in [1.54, 1.807) is 0 Å². The molecule has 0 saturated heterocycles. The van der Waals surface area contributed by atoms with Gasteiger partial charge in [0.1, 0.15) is 11.6 Å². The Hall–Kier alpha value is -8.80. The molecule has 5 heteroatoms. The number of rotatable bonds is 8. The maximum Gasteiger partial charge on any atom is 0.144 e. The van der Waals surface area contributed by atoms with Crippen LogP contribution in [0.15, 0.2) is 212 Å². The summed E-state index contributed by atoms with van der Waals surface area (Å²) in [4.78, 5) is 10.8. The zero-order valence-electron chi connectivity index (χ0n) is 46.4. The number of para-hydroxylation sites is 3. The van der Waals surface area contributed by atoms with Gasteiger partial charge in [0.25, 0.3) is 0 Å². The zero-order chi connectivity index (χ0) is 54.3. The standard InChI is InChI=1S/C73H66N4O/c1-71(2,3)53-33-34-56(47-25-16-12-17-26-47)60(43-53)51-40-61(67-66(42-51)76(10)70(75-67)62-44-54(72(4,5)6)45-63(69(62)78)73(7,8)9)50-37-49(46-23-14-11-15-24-46)38-52(39-50)64-41-48(35-36-74-64)57-30-22-31-59-58-29-20-21-32-65(58)77(68(57)59)55-27-18-13-19-28-55/h11-45,78H,1-10H3. The summed E-state index contributed by atoms with van der Waals surface area (Å²) in [6, 6.07) is 74.6. The fourth-order valence-electron chi connectivity index (χ4n) is 11.4. The van der Waals surface area contributed by atoms with E-state index in [2.05, 4.69) is 285 Å². The Labute approximate surface area is 459 Å². The molecule has 0 spiro atoms. The molecule has 12 rings (SSSR count). The van der Waals surface area contributed by atoms with Gasteiger partial charge in [-0.15, -0.1) is 0 Å². The van der Waals surface area contributed by atoms with Crippen molar-refractivity contribution in [1.82, 2.24) is 19.1 Å². The summed E-state index contributed by atoms with van der Waals surface area (Å²) in [6.45, 7) is 20.0. The third kappa shape index (κ3) is 8.97. The van der Waals surface area contributed by atoms with Gasteiger partial charge < -0.3 is 14.2 Å². The monoisotopic (exact) mass is 1010 g/mol. The number of pyridine rings is 1. The molecule has 12 aromatic rings. The van der Waals surface area contributed by atoms with Gasteiger partial charge in [-0.1, -0.05) is 196 Å². The fourth-order valence-corrected chi connectivity index (χ4v) is 11.4. The van der Waals surface area contributed by atoms with Crippen molar-refractivity contribution in [3.8, 4) is 89.7 Å². The summed E-state index contributed by atoms with van der Waals surface area (Å²) < 4.78 is 4.59. The van der Waals surface area contributed by atoms with Crippen LogP contribution in [0.1, 0.15) is 79.0 Å². The van der Waals surface area contributed by atoms with E-state index in [1.165, 1.54) is 21.9 Å². The molecule has 384 valence electrons. The lowest BCUT2D eigenvalue weighted by Crippen LogP contribution is -2.17. The number of benzene rings is 9. The predicted octanol–water partition coefficient (Wildman–Crippen LogP) is 19.3. The van der Waals surface area contributed by atoms with Crippen molar-refractivity contribution in [3.05, 3.63) is 229 Å². The number of fused-ring (bicyclic) bond motifs is 4. The topological polar surface area (TPSA) is 55.9 Å². The van der Waals surface area contributed by atoms with E-state index in [0.717, 1.165) is 106 Å². The van der Waals surface area contributed by atoms with Crippen molar-refractivity contribution in [3.63, 3.8) is 0 Å². The third-order valence-electron chi connectivity index (χ3n) is 15.7. The van der Waals surface area contributed by atoms with Crippen LogP contribution in [0.5, 0.6) is 5.75 Å². The second kappa shape index (κ2) is 19.0. The molecule has 0 fully saturated rings. The first-order valence-corrected chi connectivity index (χ1v) is 27.3. The summed E-state index contributed by atoms with van der Waals surface area (Å²) in [5.41, 5.74) is 21.4. The molecule has 0 saturated carbocycles. The molecular formula is C73H66N4O. The van der Waals surface area contributed by atoms with E-state index >= 15 is 0 Å². The van der Waals surface area contributed by atoms with E-state index in [0.29, 0.717) is 5.82 Å². The molecule has 0 amide bonds. The van der Waals surface area contributed by atoms with Crippen LogP contribution in [0, 0.1) is 0 Å². The Balaban J connectivity index is 1.13. The maximum atomic E-state index is 12.4. The highest BCUT2D eigenvalue weighted by Gasteiger charge is 2.29. The van der Waals surface area contributed by atoms with Gasteiger partial charge in [-0.05, 0) is 145 Å². The van der Waals surface area contributed by atoms with Crippen LogP contribution in [-0.4, -0.2) is 24.2 Å². The molecule has 0 unspecified atom stereocenters.